The first-order valence-corrected chi connectivity index (χ1v) is 14.4. The maximum absolute atomic E-state index is 14.0. The Labute approximate surface area is 234 Å². The Morgan fingerprint density at radius 1 is 0.950 bits per heavy atom. The molecule has 1 atom stereocenters. The van der Waals surface area contributed by atoms with Gasteiger partial charge in [-0.25, -0.2) is 8.42 Å². The number of nitrogens with zero attached hydrogens (tertiary/aromatic N) is 3. The Morgan fingerprint density at radius 3 is 2.10 bits per heavy atom. The average Bonchev–Trinajstić information content (AvgIpc) is 2.92. The predicted octanol–water partition coefficient (Wildman–Crippen LogP) is 4.43. The summed E-state index contributed by atoms with van der Waals surface area (Å²) in [6.45, 7) is 6.80. The quantitative estimate of drug-likeness (QED) is 0.255. The first-order valence-electron chi connectivity index (χ1n) is 12.9. The Balaban J connectivity index is 2.08. The Kier molecular flexibility index (Phi) is 10.0. The normalized spacial score (nSPS) is 12.0. The molecule has 0 saturated carbocycles. The first-order chi connectivity index (χ1) is 18.9. The standard InChI is InChI=1S/C29H34N4O6S/c1-5-27(29(35)30-21(2)3)31(19-23-12-10-9-11-22(23)4)28(34)20-32(24-15-17-25(18-16-24)33(36)37)40(38,39)26-13-7-6-8-14-26/h6-18,21,27H,5,19-20H2,1-4H3,(H,30,35)/t27-/m1/s1. The van der Waals surface area contributed by atoms with Gasteiger partial charge in [-0.1, -0.05) is 49.4 Å². The Hall–Kier alpha value is -4.25. The molecule has 0 unspecified atom stereocenters. The van der Waals surface area contributed by atoms with Crippen LogP contribution >= 0.6 is 0 Å². The van der Waals surface area contributed by atoms with Crippen LogP contribution in [-0.2, 0) is 26.2 Å². The van der Waals surface area contributed by atoms with E-state index in [1.54, 1.807) is 25.1 Å². The second kappa shape index (κ2) is 13.2. The number of hydrogen-bond acceptors (Lipinski definition) is 6. The number of sulfonamides is 1. The van der Waals surface area contributed by atoms with E-state index < -0.39 is 33.4 Å². The van der Waals surface area contributed by atoms with E-state index in [1.807, 2.05) is 45.0 Å². The van der Waals surface area contributed by atoms with Crippen molar-refractivity contribution in [3.8, 4) is 0 Å². The smallest absolute Gasteiger partial charge is 0.269 e. The fraction of sp³-hybridized carbons (Fsp3) is 0.310. The van der Waals surface area contributed by atoms with Crippen molar-refractivity contribution in [3.63, 3.8) is 0 Å². The highest BCUT2D eigenvalue weighted by atomic mass is 32.2. The highest BCUT2D eigenvalue weighted by molar-refractivity contribution is 7.92. The number of aryl methyl sites for hydroxylation is 1. The molecule has 0 aliphatic heterocycles. The fourth-order valence-corrected chi connectivity index (χ4v) is 5.70. The molecule has 40 heavy (non-hydrogen) atoms. The summed E-state index contributed by atoms with van der Waals surface area (Å²) >= 11 is 0. The number of carbonyl (C=O) groups excluding carboxylic acids is 2. The summed E-state index contributed by atoms with van der Waals surface area (Å²) in [7, 11) is -4.25. The number of non-ortho nitro benzene ring substituents is 1. The van der Waals surface area contributed by atoms with Gasteiger partial charge in [0.05, 0.1) is 15.5 Å². The Morgan fingerprint density at radius 2 is 1.55 bits per heavy atom. The topological polar surface area (TPSA) is 130 Å². The van der Waals surface area contributed by atoms with Gasteiger partial charge in [0.15, 0.2) is 0 Å². The van der Waals surface area contributed by atoms with Gasteiger partial charge in [0.2, 0.25) is 11.8 Å². The number of benzene rings is 3. The van der Waals surface area contributed by atoms with E-state index in [4.69, 9.17) is 0 Å². The zero-order valence-electron chi connectivity index (χ0n) is 23.0. The molecular formula is C29H34N4O6S. The number of rotatable bonds is 12. The summed E-state index contributed by atoms with van der Waals surface area (Å²) in [5.41, 5.74) is 1.60. The fourth-order valence-electron chi connectivity index (χ4n) is 4.26. The van der Waals surface area contributed by atoms with Gasteiger partial charge in [-0.3, -0.25) is 24.0 Å². The van der Waals surface area contributed by atoms with E-state index in [2.05, 4.69) is 5.32 Å². The van der Waals surface area contributed by atoms with Crippen LogP contribution in [0.2, 0.25) is 0 Å². The van der Waals surface area contributed by atoms with Gasteiger partial charge >= 0.3 is 0 Å². The summed E-state index contributed by atoms with van der Waals surface area (Å²) < 4.78 is 28.5. The number of carbonyl (C=O) groups is 2. The summed E-state index contributed by atoms with van der Waals surface area (Å²) in [6.07, 6.45) is 0.305. The minimum Gasteiger partial charge on any atom is -0.352 e. The summed E-state index contributed by atoms with van der Waals surface area (Å²) in [4.78, 5) is 39.2. The molecule has 212 valence electrons. The third-order valence-corrected chi connectivity index (χ3v) is 8.17. The van der Waals surface area contributed by atoms with Crippen molar-refractivity contribution in [2.75, 3.05) is 10.8 Å². The second-order valence-electron chi connectivity index (χ2n) is 9.63. The van der Waals surface area contributed by atoms with Crippen LogP contribution in [0.3, 0.4) is 0 Å². The van der Waals surface area contributed by atoms with Crippen LogP contribution in [0.5, 0.6) is 0 Å². The SMILES string of the molecule is CC[C@H](C(=O)NC(C)C)N(Cc1ccccc1C)C(=O)CN(c1ccc([N+](=O)[O-])cc1)S(=O)(=O)c1ccccc1. The number of nitrogens with one attached hydrogen (secondary N) is 1. The van der Waals surface area contributed by atoms with Crippen LogP contribution in [-0.4, -0.2) is 48.7 Å². The van der Waals surface area contributed by atoms with E-state index >= 15 is 0 Å². The lowest BCUT2D eigenvalue weighted by Gasteiger charge is -2.34. The minimum absolute atomic E-state index is 0.0452. The Bertz CT molecular complexity index is 1440. The molecule has 0 aromatic heterocycles. The van der Waals surface area contributed by atoms with Crippen molar-refractivity contribution in [1.29, 1.82) is 0 Å². The maximum atomic E-state index is 14.0. The number of amides is 2. The summed E-state index contributed by atoms with van der Waals surface area (Å²) in [5, 5.41) is 14.1. The zero-order chi connectivity index (χ0) is 29.4. The zero-order valence-corrected chi connectivity index (χ0v) is 23.8. The molecule has 0 radical (unpaired) electrons. The van der Waals surface area contributed by atoms with Crippen molar-refractivity contribution in [1.82, 2.24) is 10.2 Å². The van der Waals surface area contributed by atoms with E-state index in [0.717, 1.165) is 15.4 Å². The minimum atomic E-state index is -4.25. The van der Waals surface area contributed by atoms with Crippen LogP contribution in [0.25, 0.3) is 0 Å². The molecule has 2 amide bonds. The first kappa shape index (κ1) is 30.3. The largest absolute Gasteiger partial charge is 0.352 e. The molecule has 0 fully saturated rings. The van der Waals surface area contributed by atoms with Crippen molar-refractivity contribution in [2.45, 2.75) is 57.6 Å². The second-order valence-corrected chi connectivity index (χ2v) is 11.5. The van der Waals surface area contributed by atoms with E-state index in [1.165, 1.54) is 41.3 Å². The van der Waals surface area contributed by atoms with Crippen LogP contribution in [0.15, 0.2) is 83.8 Å². The highest BCUT2D eigenvalue weighted by Gasteiger charge is 2.34. The lowest BCUT2D eigenvalue weighted by Crippen LogP contribution is -2.53. The molecule has 0 bridgehead atoms. The van der Waals surface area contributed by atoms with E-state index in [-0.39, 0.29) is 34.8 Å². The average molecular weight is 567 g/mol. The van der Waals surface area contributed by atoms with Gasteiger partial charge in [0.1, 0.15) is 12.6 Å². The van der Waals surface area contributed by atoms with Crippen LogP contribution in [0, 0.1) is 17.0 Å². The van der Waals surface area contributed by atoms with Gasteiger partial charge < -0.3 is 10.2 Å². The highest BCUT2D eigenvalue weighted by Crippen LogP contribution is 2.27. The number of anilines is 1. The molecule has 3 aromatic carbocycles. The molecule has 0 aliphatic rings. The molecule has 1 N–H and O–H groups in total. The molecule has 0 saturated heterocycles. The molecule has 0 aliphatic carbocycles. The molecule has 0 heterocycles. The monoisotopic (exact) mass is 566 g/mol. The number of hydrogen-bond donors (Lipinski definition) is 1. The van der Waals surface area contributed by atoms with Crippen molar-refractivity contribution >= 4 is 33.2 Å². The van der Waals surface area contributed by atoms with Gasteiger partial charge in [-0.15, -0.1) is 0 Å². The molecular weight excluding hydrogens is 532 g/mol. The summed E-state index contributed by atoms with van der Waals surface area (Å²) in [5.74, 6) is -0.931. The van der Waals surface area contributed by atoms with Crippen LogP contribution in [0.4, 0.5) is 11.4 Å². The van der Waals surface area contributed by atoms with Gasteiger partial charge in [0, 0.05) is 24.7 Å². The lowest BCUT2D eigenvalue weighted by atomic mass is 10.1. The molecule has 0 spiro atoms. The summed E-state index contributed by atoms with van der Waals surface area (Å²) in [6, 6.07) is 19.0. The molecule has 3 rings (SSSR count). The molecule has 3 aromatic rings. The van der Waals surface area contributed by atoms with Crippen molar-refractivity contribution in [3.05, 3.63) is 100 Å². The van der Waals surface area contributed by atoms with Gasteiger partial charge in [-0.2, -0.15) is 0 Å². The van der Waals surface area contributed by atoms with E-state index in [9.17, 15) is 28.1 Å². The molecule has 10 nitrogen and oxygen atoms in total. The van der Waals surface area contributed by atoms with Crippen LogP contribution < -0.4 is 9.62 Å². The lowest BCUT2D eigenvalue weighted by molar-refractivity contribution is -0.384. The number of nitro groups is 1. The van der Waals surface area contributed by atoms with E-state index in [0.29, 0.717) is 6.42 Å². The van der Waals surface area contributed by atoms with Gasteiger partial charge in [0.25, 0.3) is 15.7 Å². The molecule has 11 heteroatoms. The number of nitro benzene ring substituents is 1. The predicted molar refractivity (Wildman–Crippen MR) is 153 cm³/mol. The van der Waals surface area contributed by atoms with Crippen LogP contribution in [0.1, 0.15) is 38.3 Å². The third-order valence-electron chi connectivity index (χ3n) is 6.38. The van der Waals surface area contributed by atoms with Gasteiger partial charge in [-0.05, 0) is 62.6 Å². The van der Waals surface area contributed by atoms with Crippen molar-refractivity contribution < 1.29 is 22.9 Å². The van der Waals surface area contributed by atoms with Crippen molar-refractivity contribution in [2.24, 2.45) is 0 Å². The maximum Gasteiger partial charge on any atom is 0.269 e. The third kappa shape index (κ3) is 7.23.